The summed E-state index contributed by atoms with van der Waals surface area (Å²) in [6.07, 6.45) is 12.7. The zero-order valence-electron chi connectivity index (χ0n) is 12.4. The van der Waals surface area contributed by atoms with E-state index in [4.69, 9.17) is 5.11 Å². The first-order chi connectivity index (χ1) is 9.20. The van der Waals surface area contributed by atoms with Crippen molar-refractivity contribution in [1.29, 1.82) is 0 Å². The highest BCUT2D eigenvalue weighted by Crippen LogP contribution is 2.09. The van der Waals surface area contributed by atoms with Crippen molar-refractivity contribution in [3.8, 4) is 0 Å². The Balaban J connectivity index is 3.50. The van der Waals surface area contributed by atoms with Crippen LogP contribution < -0.4 is 0 Å². The molecule has 0 aromatic rings. The molecule has 0 saturated carbocycles. The topological polar surface area (TPSA) is 60.7 Å². The molecular formula is C16H32O3. The number of unbranched alkanes of at least 4 members (excludes halogenated alkanes) is 6. The second-order valence-electron chi connectivity index (χ2n) is 5.30. The number of aliphatic hydroxyl groups excluding tert-OH is 3. The zero-order chi connectivity index (χ0) is 14.3. The van der Waals surface area contributed by atoms with E-state index in [1.807, 2.05) is 0 Å². The van der Waals surface area contributed by atoms with Crippen molar-refractivity contribution in [3.63, 3.8) is 0 Å². The van der Waals surface area contributed by atoms with E-state index in [1.54, 1.807) is 12.2 Å². The van der Waals surface area contributed by atoms with Gasteiger partial charge in [0.05, 0.1) is 12.2 Å². The van der Waals surface area contributed by atoms with Crippen LogP contribution >= 0.6 is 0 Å². The van der Waals surface area contributed by atoms with Crippen LogP contribution in [0.2, 0.25) is 0 Å². The van der Waals surface area contributed by atoms with Crippen molar-refractivity contribution in [1.82, 2.24) is 0 Å². The molecule has 0 aliphatic carbocycles. The maximum Gasteiger partial charge on any atom is 0.0721 e. The molecular weight excluding hydrogens is 240 g/mol. The molecule has 3 heteroatoms. The zero-order valence-corrected chi connectivity index (χ0v) is 12.4. The fourth-order valence-electron chi connectivity index (χ4n) is 2.05. The van der Waals surface area contributed by atoms with Gasteiger partial charge in [-0.15, -0.1) is 0 Å². The molecule has 0 radical (unpaired) electrons. The molecule has 0 fully saturated rings. The Morgan fingerprint density at radius 1 is 0.737 bits per heavy atom. The fraction of sp³-hybridized carbons (Fsp3) is 0.875. The smallest absolute Gasteiger partial charge is 0.0721 e. The summed E-state index contributed by atoms with van der Waals surface area (Å²) in [7, 11) is 0. The van der Waals surface area contributed by atoms with Gasteiger partial charge in [0.2, 0.25) is 0 Å². The van der Waals surface area contributed by atoms with Crippen LogP contribution in [0.25, 0.3) is 0 Å². The lowest BCUT2D eigenvalue weighted by molar-refractivity contribution is 0.191. The minimum atomic E-state index is -0.445. The second-order valence-corrected chi connectivity index (χ2v) is 5.30. The lowest BCUT2D eigenvalue weighted by atomic mass is 10.1. The van der Waals surface area contributed by atoms with Gasteiger partial charge in [0.25, 0.3) is 0 Å². The SMILES string of the molecule is CCCCCCC(O)/C=C/C(O)CCCCCCO. The van der Waals surface area contributed by atoms with Gasteiger partial charge in [0.1, 0.15) is 0 Å². The largest absolute Gasteiger partial charge is 0.396 e. The van der Waals surface area contributed by atoms with Crippen molar-refractivity contribution in [2.75, 3.05) is 6.61 Å². The third kappa shape index (κ3) is 13.8. The van der Waals surface area contributed by atoms with Gasteiger partial charge in [-0.05, 0) is 19.3 Å². The molecule has 2 atom stereocenters. The maximum absolute atomic E-state index is 9.72. The molecule has 0 amide bonds. The number of hydrogen-bond donors (Lipinski definition) is 3. The molecule has 0 bridgehead atoms. The normalized spacial score (nSPS) is 14.9. The van der Waals surface area contributed by atoms with Crippen LogP contribution in [0, 0.1) is 0 Å². The molecule has 2 unspecified atom stereocenters. The van der Waals surface area contributed by atoms with Gasteiger partial charge in [0, 0.05) is 6.61 Å². The van der Waals surface area contributed by atoms with Crippen molar-refractivity contribution in [2.45, 2.75) is 83.3 Å². The Hall–Kier alpha value is -0.380. The molecule has 19 heavy (non-hydrogen) atoms. The first-order valence-corrected chi connectivity index (χ1v) is 7.86. The average Bonchev–Trinajstić information content (AvgIpc) is 2.41. The molecule has 0 spiro atoms. The minimum absolute atomic E-state index is 0.257. The van der Waals surface area contributed by atoms with E-state index in [9.17, 15) is 10.2 Å². The highest BCUT2D eigenvalue weighted by Gasteiger charge is 2.02. The van der Waals surface area contributed by atoms with Gasteiger partial charge >= 0.3 is 0 Å². The molecule has 114 valence electrons. The first-order valence-electron chi connectivity index (χ1n) is 7.86. The molecule has 3 nitrogen and oxygen atoms in total. The van der Waals surface area contributed by atoms with E-state index < -0.39 is 12.2 Å². The predicted molar refractivity (Wildman–Crippen MR) is 80.1 cm³/mol. The highest BCUT2D eigenvalue weighted by molar-refractivity contribution is 4.93. The van der Waals surface area contributed by atoms with Gasteiger partial charge < -0.3 is 15.3 Å². The Morgan fingerprint density at radius 3 is 1.68 bits per heavy atom. The van der Waals surface area contributed by atoms with Crippen LogP contribution in [0.1, 0.15) is 71.1 Å². The number of rotatable bonds is 13. The Kier molecular flexibility index (Phi) is 13.8. The van der Waals surface area contributed by atoms with Crippen LogP contribution in [0.4, 0.5) is 0 Å². The average molecular weight is 272 g/mol. The van der Waals surface area contributed by atoms with E-state index in [-0.39, 0.29) is 6.61 Å². The highest BCUT2D eigenvalue weighted by atomic mass is 16.3. The Morgan fingerprint density at radius 2 is 1.21 bits per heavy atom. The lowest BCUT2D eigenvalue weighted by Crippen LogP contribution is -2.06. The van der Waals surface area contributed by atoms with E-state index in [1.165, 1.54) is 19.3 Å². The third-order valence-corrected chi connectivity index (χ3v) is 3.32. The molecule has 3 N–H and O–H groups in total. The standard InChI is InChI=1S/C16H32O3/c1-2-3-4-7-10-15(18)12-13-16(19)11-8-5-6-9-14-17/h12-13,15-19H,2-11,14H2,1H3/b13-12+. The molecule has 0 aliphatic rings. The van der Waals surface area contributed by atoms with Gasteiger partial charge in [0.15, 0.2) is 0 Å². The van der Waals surface area contributed by atoms with Crippen LogP contribution in [0.15, 0.2) is 12.2 Å². The van der Waals surface area contributed by atoms with E-state index >= 15 is 0 Å². The summed E-state index contributed by atoms with van der Waals surface area (Å²) in [5.74, 6) is 0. The molecule has 0 rings (SSSR count). The van der Waals surface area contributed by atoms with Crippen LogP contribution in [-0.2, 0) is 0 Å². The van der Waals surface area contributed by atoms with Crippen molar-refractivity contribution >= 4 is 0 Å². The lowest BCUT2D eigenvalue weighted by Gasteiger charge is -2.08. The maximum atomic E-state index is 9.72. The Labute approximate surface area is 118 Å². The molecule has 0 aromatic carbocycles. The van der Waals surface area contributed by atoms with Crippen molar-refractivity contribution in [2.24, 2.45) is 0 Å². The first kappa shape index (κ1) is 18.6. The second kappa shape index (κ2) is 14.0. The van der Waals surface area contributed by atoms with E-state index in [0.717, 1.165) is 44.9 Å². The van der Waals surface area contributed by atoms with Gasteiger partial charge in [-0.25, -0.2) is 0 Å². The number of hydrogen-bond acceptors (Lipinski definition) is 3. The predicted octanol–water partition coefficient (Wildman–Crippen LogP) is 3.18. The van der Waals surface area contributed by atoms with E-state index in [2.05, 4.69) is 6.92 Å². The van der Waals surface area contributed by atoms with Crippen molar-refractivity contribution in [3.05, 3.63) is 12.2 Å². The summed E-state index contributed by atoms with van der Waals surface area (Å²) < 4.78 is 0. The summed E-state index contributed by atoms with van der Waals surface area (Å²) >= 11 is 0. The molecule has 0 aliphatic heterocycles. The molecule has 0 saturated heterocycles. The summed E-state index contributed by atoms with van der Waals surface area (Å²) in [6.45, 7) is 2.43. The fourth-order valence-corrected chi connectivity index (χ4v) is 2.05. The summed E-state index contributed by atoms with van der Waals surface area (Å²) in [4.78, 5) is 0. The summed E-state index contributed by atoms with van der Waals surface area (Å²) in [5, 5.41) is 28.1. The third-order valence-electron chi connectivity index (χ3n) is 3.32. The molecule has 0 aromatic heterocycles. The monoisotopic (exact) mass is 272 g/mol. The quantitative estimate of drug-likeness (QED) is 0.356. The van der Waals surface area contributed by atoms with Gasteiger partial charge in [-0.3, -0.25) is 0 Å². The molecule has 0 heterocycles. The van der Waals surface area contributed by atoms with Gasteiger partial charge in [-0.1, -0.05) is 64.0 Å². The minimum Gasteiger partial charge on any atom is -0.396 e. The van der Waals surface area contributed by atoms with Gasteiger partial charge in [-0.2, -0.15) is 0 Å². The van der Waals surface area contributed by atoms with Crippen molar-refractivity contribution < 1.29 is 15.3 Å². The number of aliphatic hydroxyl groups is 3. The van der Waals surface area contributed by atoms with Crippen LogP contribution in [0.5, 0.6) is 0 Å². The van der Waals surface area contributed by atoms with E-state index in [0.29, 0.717) is 0 Å². The van der Waals surface area contributed by atoms with Crippen LogP contribution in [-0.4, -0.2) is 34.1 Å². The summed E-state index contributed by atoms with van der Waals surface area (Å²) in [6, 6.07) is 0. The summed E-state index contributed by atoms with van der Waals surface area (Å²) in [5.41, 5.74) is 0. The Bertz CT molecular complexity index is 204. The van der Waals surface area contributed by atoms with Crippen LogP contribution in [0.3, 0.4) is 0 Å².